The van der Waals surface area contributed by atoms with E-state index in [1.54, 1.807) is 0 Å². The van der Waals surface area contributed by atoms with E-state index >= 15 is 0 Å². The Kier molecular flexibility index (Phi) is 6.53. The highest BCUT2D eigenvalue weighted by Crippen LogP contribution is 2.09. The van der Waals surface area contributed by atoms with Crippen LogP contribution in [0.25, 0.3) is 0 Å². The molecule has 0 saturated carbocycles. The van der Waals surface area contributed by atoms with Crippen LogP contribution in [0.4, 0.5) is 0 Å². The molecular formula is C15H25N3O. The summed E-state index contributed by atoms with van der Waals surface area (Å²) in [5, 5.41) is 2.89. The Balaban J connectivity index is 2.36. The summed E-state index contributed by atoms with van der Waals surface area (Å²) < 4.78 is 0. The first-order valence-corrected chi connectivity index (χ1v) is 6.84. The van der Waals surface area contributed by atoms with Crippen LogP contribution in [0.2, 0.25) is 0 Å². The SMILES string of the molecule is CCC(C)N(C)CCNC(=O)C(N)c1ccccc1. The van der Waals surface area contributed by atoms with Crippen molar-refractivity contribution in [1.29, 1.82) is 0 Å². The lowest BCUT2D eigenvalue weighted by molar-refractivity contribution is -0.122. The molecule has 2 unspecified atom stereocenters. The third kappa shape index (κ3) is 5.01. The number of likely N-dealkylation sites (N-methyl/N-ethyl adjacent to an activating group) is 1. The van der Waals surface area contributed by atoms with Crippen LogP contribution >= 0.6 is 0 Å². The molecule has 0 aliphatic heterocycles. The average molecular weight is 263 g/mol. The summed E-state index contributed by atoms with van der Waals surface area (Å²) in [5.41, 5.74) is 6.76. The van der Waals surface area contributed by atoms with Crippen LogP contribution < -0.4 is 11.1 Å². The van der Waals surface area contributed by atoms with Gasteiger partial charge in [-0.2, -0.15) is 0 Å². The molecule has 0 spiro atoms. The third-order valence-electron chi connectivity index (χ3n) is 3.55. The second kappa shape index (κ2) is 7.92. The second-order valence-corrected chi connectivity index (χ2v) is 4.92. The second-order valence-electron chi connectivity index (χ2n) is 4.92. The Bertz CT molecular complexity index is 380. The van der Waals surface area contributed by atoms with E-state index in [9.17, 15) is 4.79 Å². The van der Waals surface area contributed by atoms with Crippen LogP contribution in [-0.2, 0) is 4.79 Å². The fourth-order valence-corrected chi connectivity index (χ4v) is 1.81. The molecule has 1 rings (SSSR count). The van der Waals surface area contributed by atoms with Crippen molar-refractivity contribution in [3.63, 3.8) is 0 Å². The van der Waals surface area contributed by atoms with E-state index in [2.05, 4.69) is 31.1 Å². The normalized spacial score (nSPS) is 14.2. The Morgan fingerprint density at radius 2 is 2.00 bits per heavy atom. The number of carbonyl (C=O) groups is 1. The molecule has 4 heteroatoms. The molecular weight excluding hydrogens is 238 g/mol. The van der Waals surface area contributed by atoms with Crippen molar-refractivity contribution in [2.75, 3.05) is 20.1 Å². The lowest BCUT2D eigenvalue weighted by Gasteiger charge is -2.23. The monoisotopic (exact) mass is 263 g/mol. The van der Waals surface area contributed by atoms with E-state index in [1.807, 2.05) is 30.3 Å². The van der Waals surface area contributed by atoms with Crippen LogP contribution in [0.1, 0.15) is 31.9 Å². The minimum Gasteiger partial charge on any atom is -0.353 e. The highest BCUT2D eigenvalue weighted by atomic mass is 16.2. The van der Waals surface area contributed by atoms with E-state index in [0.29, 0.717) is 12.6 Å². The first-order valence-electron chi connectivity index (χ1n) is 6.84. The summed E-state index contributed by atoms with van der Waals surface area (Å²) in [4.78, 5) is 14.1. The number of nitrogens with one attached hydrogen (secondary N) is 1. The van der Waals surface area contributed by atoms with Crippen molar-refractivity contribution in [3.8, 4) is 0 Å². The van der Waals surface area contributed by atoms with E-state index in [-0.39, 0.29) is 5.91 Å². The van der Waals surface area contributed by atoms with Gasteiger partial charge in [0.25, 0.3) is 0 Å². The minimum absolute atomic E-state index is 0.122. The fourth-order valence-electron chi connectivity index (χ4n) is 1.81. The summed E-state index contributed by atoms with van der Waals surface area (Å²) in [7, 11) is 2.07. The van der Waals surface area contributed by atoms with Crippen LogP contribution in [0.3, 0.4) is 0 Å². The predicted molar refractivity (Wildman–Crippen MR) is 78.8 cm³/mol. The maximum absolute atomic E-state index is 11.9. The van der Waals surface area contributed by atoms with Crippen molar-refractivity contribution in [2.45, 2.75) is 32.4 Å². The molecule has 0 heterocycles. The molecule has 0 saturated heterocycles. The van der Waals surface area contributed by atoms with Crippen molar-refractivity contribution in [2.24, 2.45) is 5.73 Å². The number of rotatable bonds is 7. The molecule has 106 valence electrons. The number of nitrogens with two attached hydrogens (primary N) is 1. The van der Waals surface area contributed by atoms with Gasteiger partial charge in [0.1, 0.15) is 6.04 Å². The van der Waals surface area contributed by atoms with Gasteiger partial charge in [0.05, 0.1) is 0 Å². The first kappa shape index (κ1) is 15.7. The van der Waals surface area contributed by atoms with Gasteiger partial charge < -0.3 is 16.0 Å². The zero-order valence-corrected chi connectivity index (χ0v) is 12.1. The molecule has 4 nitrogen and oxygen atoms in total. The summed E-state index contributed by atoms with van der Waals surface area (Å²) in [6.45, 7) is 5.80. The summed E-state index contributed by atoms with van der Waals surface area (Å²) >= 11 is 0. The fraction of sp³-hybridized carbons (Fsp3) is 0.533. The molecule has 0 bridgehead atoms. The first-order chi connectivity index (χ1) is 9.06. The average Bonchev–Trinajstić information content (AvgIpc) is 2.46. The molecule has 0 aliphatic carbocycles. The zero-order valence-electron chi connectivity index (χ0n) is 12.1. The number of amides is 1. The van der Waals surface area contributed by atoms with Crippen LogP contribution in [0, 0.1) is 0 Å². The van der Waals surface area contributed by atoms with Gasteiger partial charge in [-0.25, -0.2) is 0 Å². The topological polar surface area (TPSA) is 58.4 Å². The minimum atomic E-state index is -0.588. The van der Waals surface area contributed by atoms with Crippen LogP contribution in [-0.4, -0.2) is 37.0 Å². The third-order valence-corrected chi connectivity index (χ3v) is 3.55. The molecule has 3 N–H and O–H groups in total. The quantitative estimate of drug-likeness (QED) is 0.784. The number of hydrogen-bond donors (Lipinski definition) is 2. The summed E-state index contributed by atoms with van der Waals surface area (Å²) in [5.74, 6) is -0.122. The van der Waals surface area contributed by atoms with Crippen LogP contribution in [0.5, 0.6) is 0 Å². The molecule has 0 radical (unpaired) electrons. The lowest BCUT2D eigenvalue weighted by atomic mass is 10.1. The van der Waals surface area contributed by atoms with Gasteiger partial charge in [0.15, 0.2) is 0 Å². The van der Waals surface area contributed by atoms with E-state index in [1.165, 1.54) is 0 Å². The number of nitrogens with zero attached hydrogens (tertiary/aromatic N) is 1. The van der Waals surface area contributed by atoms with Crippen molar-refractivity contribution in [1.82, 2.24) is 10.2 Å². The van der Waals surface area contributed by atoms with Crippen molar-refractivity contribution >= 4 is 5.91 Å². The van der Waals surface area contributed by atoms with E-state index < -0.39 is 6.04 Å². The number of benzene rings is 1. The zero-order chi connectivity index (χ0) is 14.3. The highest BCUT2D eigenvalue weighted by Gasteiger charge is 2.15. The van der Waals surface area contributed by atoms with Crippen molar-refractivity contribution in [3.05, 3.63) is 35.9 Å². The number of carbonyl (C=O) groups excluding carboxylic acids is 1. The molecule has 19 heavy (non-hydrogen) atoms. The molecule has 2 atom stereocenters. The lowest BCUT2D eigenvalue weighted by Crippen LogP contribution is -2.40. The van der Waals surface area contributed by atoms with E-state index in [0.717, 1.165) is 18.5 Å². The molecule has 1 amide bonds. The summed E-state index contributed by atoms with van der Waals surface area (Å²) in [6.07, 6.45) is 1.11. The van der Waals surface area contributed by atoms with Gasteiger partial charge in [-0.3, -0.25) is 4.79 Å². The Morgan fingerprint density at radius 3 is 2.58 bits per heavy atom. The van der Waals surface area contributed by atoms with Gasteiger partial charge in [-0.1, -0.05) is 37.3 Å². The predicted octanol–water partition coefficient (Wildman–Crippen LogP) is 1.53. The smallest absolute Gasteiger partial charge is 0.241 e. The Morgan fingerprint density at radius 1 is 1.37 bits per heavy atom. The molecule has 0 aliphatic rings. The molecule has 0 fully saturated rings. The Hall–Kier alpha value is -1.39. The summed E-state index contributed by atoms with van der Waals surface area (Å²) in [6, 6.07) is 9.37. The number of hydrogen-bond acceptors (Lipinski definition) is 3. The standard InChI is InChI=1S/C15H25N3O/c1-4-12(2)18(3)11-10-17-15(19)14(16)13-8-6-5-7-9-13/h5-9,12,14H,4,10-11,16H2,1-3H3,(H,17,19). The van der Waals surface area contributed by atoms with E-state index in [4.69, 9.17) is 5.73 Å². The van der Waals surface area contributed by atoms with Gasteiger partial charge >= 0.3 is 0 Å². The molecule has 1 aromatic carbocycles. The van der Waals surface area contributed by atoms with Gasteiger partial charge in [-0.15, -0.1) is 0 Å². The van der Waals surface area contributed by atoms with Gasteiger partial charge in [0.2, 0.25) is 5.91 Å². The largest absolute Gasteiger partial charge is 0.353 e. The van der Waals surface area contributed by atoms with Gasteiger partial charge in [-0.05, 0) is 26.0 Å². The maximum Gasteiger partial charge on any atom is 0.241 e. The molecule has 1 aromatic rings. The van der Waals surface area contributed by atoms with Gasteiger partial charge in [0, 0.05) is 19.1 Å². The molecule has 0 aromatic heterocycles. The van der Waals surface area contributed by atoms with Crippen LogP contribution in [0.15, 0.2) is 30.3 Å². The highest BCUT2D eigenvalue weighted by molar-refractivity contribution is 5.82. The Labute approximate surface area is 116 Å². The van der Waals surface area contributed by atoms with Crippen molar-refractivity contribution < 1.29 is 4.79 Å². The maximum atomic E-state index is 11.9.